The third-order valence-electron chi connectivity index (χ3n) is 3.03. The Morgan fingerprint density at radius 3 is 2.60 bits per heavy atom. The average Bonchev–Trinajstić information content (AvgIpc) is 2.49. The topological polar surface area (TPSA) is 79.5 Å². The first-order valence-corrected chi connectivity index (χ1v) is 6.30. The van der Waals surface area contributed by atoms with Gasteiger partial charge in [-0.1, -0.05) is 18.2 Å². The molecule has 0 radical (unpaired) electrons. The lowest BCUT2D eigenvalue weighted by Crippen LogP contribution is -2.43. The minimum absolute atomic E-state index is 0.194. The van der Waals surface area contributed by atoms with Crippen LogP contribution in [0.3, 0.4) is 0 Å². The molecule has 3 N–H and O–H groups in total. The molecule has 1 unspecified atom stereocenters. The van der Waals surface area contributed by atoms with E-state index in [0.29, 0.717) is 12.2 Å². The summed E-state index contributed by atoms with van der Waals surface area (Å²) in [6.45, 7) is 0. The number of pyridine rings is 1. The van der Waals surface area contributed by atoms with Crippen molar-refractivity contribution in [3.63, 3.8) is 0 Å². The molecule has 5 nitrogen and oxygen atoms in total. The number of rotatable bonds is 4. The Balaban J connectivity index is 2.03. The predicted molar refractivity (Wildman–Crippen MR) is 77.4 cm³/mol. The van der Waals surface area contributed by atoms with Crippen LogP contribution in [0.5, 0.6) is 5.75 Å². The van der Waals surface area contributed by atoms with Gasteiger partial charge in [-0.05, 0) is 36.2 Å². The lowest BCUT2D eigenvalue weighted by atomic mass is 10.1. The molecule has 20 heavy (non-hydrogen) atoms. The molecule has 1 atom stereocenters. The van der Waals surface area contributed by atoms with E-state index < -0.39 is 6.04 Å². The number of amides is 1. The van der Waals surface area contributed by atoms with Crippen molar-refractivity contribution in [2.75, 3.05) is 11.9 Å². The van der Waals surface area contributed by atoms with Gasteiger partial charge in [0.05, 0.1) is 6.04 Å². The van der Waals surface area contributed by atoms with Crippen LogP contribution in [0.2, 0.25) is 0 Å². The summed E-state index contributed by atoms with van der Waals surface area (Å²) >= 11 is 0. The summed E-state index contributed by atoms with van der Waals surface area (Å²) in [5.74, 6) is 0.565. The highest BCUT2D eigenvalue weighted by Gasteiger charge is 2.20. The Bertz CT molecular complexity index is 569. The summed E-state index contributed by atoms with van der Waals surface area (Å²) in [6.07, 6.45) is 2.04. The van der Waals surface area contributed by atoms with E-state index in [1.54, 1.807) is 49.6 Å². The number of likely N-dealkylation sites (N-methyl/N-ethyl adjacent to an activating group) is 1. The summed E-state index contributed by atoms with van der Waals surface area (Å²) in [7, 11) is 1.65. The quantitative estimate of drug-likeness (QED) is 0.879. The third-order valence-corrected chi connectivity index (χ3v) is 3.03. The summed E-state index contributed by atoms with van der Waals surface area (Å²) in [4.78, 5) is 17.8. The zero-order valence-electron chi connectivity index (χ0n) is 11.2. The molecule has 2 aromatic rings. The van der Waals surface area contributed by atoms with Gasteiger partial charge in [-0.25, -0.2) is 4.98 Å². The number of aromatic hydroxyl groups is 1. The Kier molecular flexibility index (Phi) is 4.32. The molecular formula is C15H17N3O2. The average molecular weight is 271 g/mol. The van der Waals surface area contributed by atoms with E-state index in [1.807, 2.05) is 6.07 Å². The molecule has 104 valence electrons. The lowest BCUT2D eigenvalue weighted by molar-refractivity contribution is -0.119. The Labute approximate surface area is 117 Å². The smallest absolute Gasteiger partial charge is 0.245 e. The predicted octanol–water partition coefficient (Wildman–Crippen LogP) is 1.32. The van der Waals surface area contributed by atoms with Gasteiger partial charge in [-0.3, -0.25) is 9.69 Å². The van der Waals surface area contributed by atoms with Crippen molar-refractivity contribution < 1.29 is 9.90 Å². The van der Waals surface area contributed by atoms with Gasteiger partial charge in [0, 0.05) is 13.2 Å². The first kappa shape index (κ1) is 14.0. The number of carbonyl (C=O) groups is 1. The molecule has 1 aromatic carbocycles. The van der Waals surface area contributed by atoms with Gasteiger partial charge in [0.15, 0.2) is 0 Å². The molecule has 0 saturated heterocycles. The van der Waals surface area contributed by atoms with Crippen molar-refractivity contribution in [1.29, 1.82) is 0 Å². The van der Waals surface area contributed by atoms with Gasteiger partial charge in [0.25, 0.3) is 0 Å². The van der Waals surface area contributed by atoms with Crippen LogP contribution in [0.1, 0.15) is 5.56 Å². The maximum Gasteiger partial charge on any atom is 0.245 e. The van der Waals surface area contributed by atoms with Crippen molar-refractivity contribution >= 4 is 11.7 Å². The number of benzene rings is 1. The van der Waals surface area contributed by atoms with Gasteiger partial charge >= 0.3 is 0 Å². The first-order chi connectivity index (χ1) is 9.58. The summed E-state index contributed by atoms with van der Waals surface area (Å²) in [5.41, 5.74) is 6.85. The van der Waals surface area contributed by atoms with Gasteiger partial charge in [-0.2, -0.15) is 0 Å². The molecule has 2 rings (SSSR count). The van der Waals surface area contributed by atoms with E-state index in [2.05, 4.69) is 4.98 Å². The van der Waals surface area contributed by atoms with Crippen LogP contribution in [0, 0.1) is 0 Å². The Hall–Kier alpha value is -2.40. The molecule has 0 aliphatic rings. The number of phenolic OH excluding ortho intramolecular Hbond substituents is 1. The largest absolute Gasteiger partial charge is 0.508 e. The maximum atomic E-state index is 12.2. The van der Waals surface area contributed by atoms with Gasteiger partial charge < -0.3 is 10.8 Å². The molecule has 5 heteroatoms. The van der Waals surface area contributed by atoms with Gasteiger partial charge in [-0.15, -0.1) is 0 Å². The second-order valence-electron chi connectivity index (χ2n) is 4.56. The number of nitrogens with two attached hydrogens (primary N) is 1. The van der Waals surface area contributed by atoms with Crippen LogP contribution < -0.4 is 10.6 Å². The molecule has 0 aliphatic heterocycles. The second-order valence-corrected chi connectivity index (χ2v) is 4.56. The van der Waals surface area contributed by atoms with Crippen molar-refractivity contribution in [3.05, 3.63) is 54.2 Å². The van der Waals surface area contributed by atoms with Crippen LogP contribution in [-0.2, 0) is 11.2 Å². The van der Waals surface area contributed by atoms with Crippen molar-refractivity contribution in [3.8, 4) is 5.75 Å². The van der Waals surface area contributed by atoms with Crippen LogP contribution in [0.4, 0.5) is 5.82 Å². The minimum Gasteiger partial charge on any atom is -0.508 e. The van der Waals surface area contributed by atoms with E-state index in [-0.39, 0.29) is 11.7 Å². The molecule has 0 bridgehead atoms. The number of carbonyl (C=O) groups excluding carboxylic acids is 1. The zero-order chi connectivity index (χ0) is 14.5. The normalized spacial score (nSPS) is 11.9. The summed E-state index contributed by atoms with van der Waals surface area (Å²) in [5, 5.41) is 9.22. The van der Waals surface area contributed by atoms with Gasteiger partial charge in [0.2, 0.25) is 5.91 Å². The fourth-order valence-electron chi connectivity index (χ4n) is 1.89. The SMILES string of the molecule is CN(C(=O)C(N)Cc1ccc(O)cc1)c1ccccn1. The summed E-state index contributed by atoms with van der Waals surface area (Å²) < 4.78 is 0. The van der Waals surface area contributed by atoms with E-state index >= 15 is 0 Å². The number of anilines is 1. The van der Waals surface area contributed by atoms with E-state index in [1.165, 1.54) is 4.90 Å². The van der Waals surface area contributed by atoms with Crippen LogP contribution in [0.25, 0.3) is 0 Å². The summed E-state index contributed by atoms with van der Waals surface area (Å²) in [6, 6.07) is 11.4. The van der Waals surface area contributed by atoms with Crippen molar-refractivity contribution in [1.82, 2.24) is 4.98 Å². The number of phenols is 1. The highest BCUT2D eigenvalue weighted by atomic mass is 16.3. The molecule has 0 fully saturated rings. The van der Waals surface area contributed by atoms with Crippen LogP contribution in [-0.4, -0.2) is 29.1 Å². The van der Waals surface area contributed by atoms with Crippen molar-refractivity contribution in [2.45, 2.75) is 12.5 Å². The molecule has 1 aromatic heterocycles. The molecule has 0 aliphatic carbocycles. The Morgan fingerprint density at radius 1 is 1.30 bits per heavy atom. The Morgan fingerprint density at radius 2 is 2.00 bits per heavy atom. The second kappa shape index (κ2) is 6.16. The highest BCUT2D eigenvalue weighted by Crippen LogP contribution is 2.13. The maximum absolute atomic E-state index is 12.2. The number of aromatic nitrogens is 1. The van der Waals surface area contributed by atoms with E-state index in [9.17, 15) is 9.90 Å². The molecule has 0 spiro atoms. The molecule has 1 amide bonds. The monoisotopic (exact) mass is 271 g/mol. The van der Waals surface area contributed by atoms with E-state index in [4.69, 9.17) is 5.73 Å². The first-order valence-electron chi connectivity index (χ1n) is 6.30. The lowest BCUT2D eigenvalue weighted by Gasteiger charge is -2.20. The number of nitrogens with zero attached hydrogens (tertiary/aromatic N) is 2. The van der Waals surface area contributed by atoms with E-state index in [0.717, 1.165) is 5.56 Å². The van der Waals surface area contributed by atoms with Gasteiger partial charge in [0.1, 0.15) is 11.6 Å². The molecule has 1 heterocycles. The fourth-order valence-corrected chi connectivity index (χ4v) is 1.89. The number of hydrogen-bond acceptors (Lipinski definition) is 4. The highest BCUT2D eigenvalue weighted by molar-refractivity contribution is 5.95. The number of hydrogen-bond donors (Lipinski definition) is 2. The van der Waals surface area contributed by atoms with Crippen molar-refractivity contribution in [2.24, 2.45) is 5.73 Å². The van der Waals surface area contributed by atoms with Crippen LogP contribution >= 0.6 is 0 Å². The molecular weight excluding hydrogens is 254 g/mol. The standard InChI is InChI=1S/C15H17N3O2/c1-18(14-4-2-3-9-17-14)15(20)13(16)10-11-5-7-12(19)8-6-11/h2-9,13,19H,10,16H2,1H3. The fraction of sp³-hybridized carbons (Fsp3) is 0.200. The minimum atomic E-state index is -0.647. The van der Waals surface area contributed by atoms with Crippen LogP contribution in [0.15, 0.2) is 48.7 Å². The zero-order valence-corrected chi connectivity index (χ0v) is 11.2. The molecule has 0 saturated carbocycles. The third kappa shape index (κ3) is 3.33.